The molecule has 0 aliphatic heterocycles. The van der Waals surface area contributed by atoms with E-state index in [1.54, 1.807) is 36.4 Å². The van der Waals surface area contributed by atoms with Crippen molar-refractivity contribution < 1.29 is 9.59 Å². The number of aromatic nitrogens is 1. The summed E-state index contributed by atoms with van der Waals surface area (Å²) in [5.41, 5.74) is 12.5. The number of nitrogens with zero attached hydrogens (tertiary/aromatic N) is 6. The van der Waals surface area contributed by atoms with Crippen molar-refractivity contribution in [3.05, 3.63) is 228 Å². The molecule has 322 valence electrons. The lowest BCUT2D eigenvalue weighted by atomic mass is 9.90. The van der Waals surface area contributed by atoms with Crippen LogP contribution in [0.1, 0.15) is 38.2 Å². The Labute approximate surface area is 398 Å². The Morgan fingerprint density at radius 2 is 0.942 bits per heavy atom. The largest absolute Gasteiger partial charge is 0.308 e. The molecule has 0 unspecified atom stereocenters. The smallest absolute Gasteiger partial charge is 0.267 e. The topological polar surface area (TPSA) is 137 Å². The number of benzene rings is 9. The van der Waals surface area contributed by atoms with Crippen molar-refractivity contribution in [3.63, 3.8) is 0 Å². The van der Waals surface area contributed by atoms with Crippen LogP contribution < -0.4 is 4.90 Å². The van der Waals surface area contributed by atoms with Crippen LogP contribution in [0.15, 0.2) is 194 Å². The number of imide groups is 1. The summed E-state index contributed by atoms with van der Waals surface area (Å²) in [5.74, 6) is -0.532. The Balaban J connectivity index is 1.23. The maximum atomic E-state index is 15.8. The summed E-state index contributed by atoms with van der Waals surface area (Å²) in [7, 11) is 0. The van der Waals surface area contributed by atoms with Gasteiger partial charge in [0.1, 0.15) is 0 Å². The summed E-state index contributed by atoms with van der Waals surface area (Å²) in [6.45, 7) is 1.86. The van der Waals surface area contributed by atoms with Crippen LogP contribution in [0.4, 0.5) is 5.69 Å². The van der Waals surface area contributed by atoms with Crippen molar-refractivity contribution in [2.24, 2.45) is 0 Å². The van der Waals surface area contributed by atoms with Gasteiger partial charge in [-0.3, -0.25) is 9.59 Å². The van der Waals surface area contributed by atoms with Crippen LogP contribution in [0.2, 0.25) is 0 Å². The van der Waals surface area contributed by atoms with Crippen molar-refractivity contribution in [1.29, 1.82) is 21.0 Å². The van der Waals surface area contributed by atoms with E-state index in [0.717, 1.165) is 55.2 Å². The second kappa shape index (κ2) is 18.0. The van der Waals surface area contributed by atoms with E-state index in [-0.39, 0.29) is 0 Å². The molecule has 8 heteroatoms. The molecule has 1 aromatic heterocycles. The molecule has 2 amide bonds. The Morgan fingerprint density at radius 3 is 1.39 bits per heavy atom. The highest BCUT2D eigenvalue weighted by molar-refractivity contribution is 6.22. The summed E-state index contributed by atoms with van der Waals surface area (Å²) < 4.78 is 2.02. The normalized spacial score (nSPS) is 10.7. The Hall–Kier alpha value is -10.1. The van der Waals surface area contributed by atoms with Crippen LogP contribution in [-0.2, 0) is 4.79 Å². The Morgan fingerprint density at radius 1 is 0.464 bits per heavy atom. The first-order valence-corrected chi connectivity index (χ1v) is 22.0. The maximum Gasteiger partial charge on any atom is 0.267 e. The molecule has 0 atom stereocenters. The average molecular weight is 885 g/mol. The van der Waals surface area contributed by atoms with Crippen LogP contribution in [0.25, 0.3) is 83.1 Å². The van der Waals surface area contributed by atoms with E-state index in [2.05, 4.69) is 24.3 Å². The van der Waals surface area contributed by atoms with Gasteiger partial charge in [0.05, 0.1) is 74.5 Å². The second-order valence-electron chi connectivity index (χ2n) is 16.5. The number of carbonyl (C=O) groups is 2. The van der Waals surface area contributed by atoms with Crippen molar-refractivity contribution in [2.45, 2.75) is 6.92 Å². The molecule has 0 aliphatic carbocycles. The predicted molar refractivity (Wildman–Crippen MR) is 271 cm³/mol. The Kier molecular flexibility index (Phi) is 11.2. The van der Waals surface area contributed by atoms with Crippen LogP contribution in [0.5, 0.6) is 0 Å². The first kappa shape index (κ1) is 42.8. The van der Waals surface area contributed by atoms with E-state index < -0.39 is 5.91 Å². The third-order valence-electron chi connectivity index (χ3n) is 12.6. The van der Waals surface area contributed by atoms with Crippen LogP contribution in [-0.4, -0.2) is 16.9 Å². The molecule has 0 spiro atoms. The number of fused-ring (bicyclic) bond motifs is 3. The number of amides is 2. The van der Waals surface area contributed by atoms with Gasteiger partial charge < -0.3 is 4.57 Å². The van der Waals surface area contributed by atoms with Gasteiger partial charge in [0.25, 0.3) is 5.91 Å². The fourth-order valence-electron chi connectivity index (χ4n) is 9.34. The fraction of sp³-hybridized carbons (Fsp3) is 0.0164. The summed E-state index contributed by atoms with van der Waals surface area (Å²) in [6.07, 6.45) is 0.605. The highest BCUT2D eigenvalue weighted by Crippen LogP contribution is 2.45. The molecule has 0 saturated heterocycles. The van der Waals surface area contributed by atoms with E-state index in [1.807, 2.05) is 169 Å². The minimum Gasteiger partial charge on any atom is -0.308 e. The minimum atomic E-state index is -0.532. The Bertz CT molecular complexity index is 3690. The molecule has 0 aliphatic rings. The van der Waals surface area contributed by atoms with Gasteiger partial charge in [-0.05, 0) is 124 Å². The summed E-state index contributed by atoms with van der Waals surface area (Å²) in [4.78, 5) is 31.0. The molecule has 10 aromatic rings. The zero-order valence-electron chi connectivity index (χ0n) is 37.1. The van der Waals surface area contributed by atoms with Gasteiger partial charge in [-0.25, -0.2) is 4.90 Å². The van der Waals surface area contributed by atoms with Gasteiger partial charge in [-0.2, -0.15) is 21.0 Å². The van der Waals surface area contributed by atoms with E-state index in [4.69, 9.17) is 0 Å². The van der Waals surface area contributed by atoms with Gasteiger partial charge in [0.15, 0.2) is 0 Å². The summed E-state index contributed by atoms with van der Waals surface area (Å²) in [5, 5.41) is 41.2. The predicted octanol–water partition coefficient (Wildman–Crippen LogP) is 13.7. The van der Waals surface area contributed by atoms with Crippen molar-refractivity contribution in [3.8, 4) is 85.6 Å². The van der Waals surface area contributed by atoms with Crippen LogP contribution >= 0.6 is 0 Å². The average Bonchev–Trinajstić information content (AvgIpc) is 3.73. The minimum absolute atomic E-state index is 0.305. The first-order valence-electron chi connectivity index (χ1n) is 22.0. The van der Waals surface area contributed by atoms with Crippen molar-refractivity contribution >= 4 is 39.8 Å². The zero-order chi connectivity index (χ0) is 47.6. The van der Waals surface area contributed by atoms with E-state index in [0.29, 0.717) is 73.4 Å². The first-order chi connectivity index (χ1) is 33.8. The zero-order valence-corrected chi connectivity index (χ0v) is 37.1. The third kappa shape index (κ3) is 7.63. The molecule has 8 nitrogen and oxygen atoms in total. The molecule has 0 radical (unpaired) electrons. The molecular formula is C61H36N6O2. The molecule has 0 bridgehead atoms. The lowest BCUT2D eigenvalue weighted by molar-refractivity contribution is -0.106. The van der Waals surface area contributed by atoms with Gasteiger partial charge >= 0.3 is 0 Å². The number of carbonyl (C=O) groups excluding carboxylic acids is 2. The monoisotopic (exact) mass is 884 g/mol. The third-order valence-corrected chi connectivity index (χ3v) is 12.6. The number of anilines is 1. The van der Waals surface area contributed by atoms with Crippen LogP contribution in [0.3, 0.4) is 0 Å². The SMILES string of the molecule is Cc1cccc(-n2c3ccc(-c4ccc(C#N)cc4C#N)cc3c3cc(-c4ccc(C#N)cc4C#N)ccc32)c1C(=O)N(C=O)c1c(-c2ccccc2)cc(-c2ccccc2)cc1-c1ccccc1. The molecule has 10 rings (SSSR count). The highest BCUT2D eigenvalue weighted by Gasteiger charge is 2.30. The van der Waals surface area contributed by atoms with Crippen LogP contribution in [0, 0.1) is 52.2 Å². The fourth-order valence-corrected chi connectivity index (χ4v) is 9.34. The van der Waals surface area contributed by atoms with Gasteiger partial charge in [-0.15, -0.1) is 0 Å². The molecule has 0 N–H and O–H groups in total. The molecule has 69 heavy (non-hydrogen) atoms. The molecule has 0 fully saturated rings. The van der Waals surface area contributed by atoms with E-state index >= 15 is 4.79 Å². The molecule has 9 aromatic carbocycles. The van der Waals surface area contributed by atoms with Crippen molar-refractivity contribution in [1.82, 2.24) is 4.57 Å². The van der Waals surface area contributed by atoms with Gasteiger partial charge in [0, 0.05) is 21.9 Å². The van der Waals surface area contributed by atoms with E-state index in [1.165, 1.54) is 4.90 Å². The highest BCUT2D eigenvalue weighted by atomic mass is 16.2. The summed E-state index contributed by atoms with van der Waals surface area (Å²) in [6, 6.07) is 69.7. The lowest BCUT2D eigenvalue weighted by Crippen LogP contribution is -2.32. The van der Waals surface area contributed by atoms with Gasteiger partial charge in [0.2, 0.25) is 6.41 Å². The molecule has 1 heterocycles. The number of aryl methyl sites for hydroxylation is 1. The van der Waals surface area contributed by atoms with E-state index in [9.17, 15) is 25.8 Å². The van der Waals surface area contributed by atoms with Crippen molar-refractivity contribution in [2.75, 3.05) is 4.90 Å². The standard InChI is InChI=1S/C61H36N6O2/c1-39-12-11-19-58(59(39)61(69)66(38-68)60-52(43-15-7-3-8-16-43)32-47(42-13-5-2-6-14-42)33-53(60)44-17-9-4-10-18-44)67-56-26-22-45(50-24-20-40(34-62)28-48(50)36-64)30-54(56)55-31-46(23-27-57(55)67)51-25-21-41(35-63)29-49(51)37-65/h2-33,38H,1H3. The quantitative estimate of drug-likeness (QED) is 0.132. The van der Waals surface area contributed by atoms with Gasteiger partial charge in [-0.1, -0.05) is 127 Å². The number of hydrogen-bond donors (Lipinski definition) is 0. The number of nitriles is 4. The molecular weight excluding hydrogens is 849 g/mol. The number of rotatable bonds is 9. The second-order valence-corrected chi connectivity index (χ2v) is 16.5. The lowest BCUT2D eigenvalue weighted by Gasteiger charge is -2.26. The summed E-state index contributed by atoms with van der Waals surface area (Å²) >= 11 is 0. The molecule has 0 saturated carbocycles. The maximum absolute atomic E-state index is 15.8. The number of hydrogen-bond acceptors (Lipinski definition) is 6.